The largest absolute Gasteiger partial charge is 0.147 e. The maximum Gasteiger partial charge on any atom is -0.0417 e. The first-order valence-electron chi connectivity index (χ1n) is 3.93. The molecule has 0 aromatic rings. The zero-order valence-electron chi connectivity index (χ0n) is 6.23. The fraction of sp³-hybridized carbons (Fsp3) is 1.00. The first kappa shape index (κ1) is 9.29. The molecule has 0 amide bonds. The van der Waals surface area contributed by atoms with Crippen molar-refractivity contribution < 1.29 is 0 Å². The average molecular weight is 149 g/mol. The van der Waals surface area contributed by atoms with E-state index < -0.39 is 0 Å². The van der Waals surface area contributed by atoms with Crippen LogP contribution < -0.4 is 0 Å². The van der Waals surface area contributed by atoms with E-state index >= 15 is 0 Å². The normalized spacial score (nSPS) is 21.0. The van der Waals surface area contributed by atoms with Crippen LogP contribution in [0.1, 0.15) is 45.4 Å². The van der Waals surface area contributed by atoms with Crippen LogP contribution in [-0.4, -0.2) is 0 Å². The van der Waals surface area contributed by atoms with Crippen LogP contribution in [0.15, 0.2) is 0 Å². The molecule has 1 saturated carbocycles. The first-order valence-corrected chi connectivity index (χ1v) is 3.93. The lowest BCUT2D eigenvalue weighted by molar-refractivity contribution is 0.349. The van der Waals surface area contributed by atoms with Gasteiger partial charge in [0.1, 0.15) is 0 Å². The second-order valence-electron chi connectivity index (χ2n) is 2.91. The highest BCUT2D eigenvalue weighted by molar-refractivity contribution is 5.85. The molecule has 0 saturated heterocycles. The molecular formula is C8H17Cl. The van der Waals surface area contributed by atoms with Crippen LogP contribution in [0.3, 0.4) is 0 Å². The Morgan fingerprint density at radius 3 is 2.00 bits per heavy atom. The lowest BCUT2D eigenvalue weighted by Gasteiger charge is -2.18. The molecule has 0 nitrogen and oxygen atoms in total. The van der Waals surface area contributed by atoms with Crippen molar-refractivity contribution in [2.24, 2.45) is 5.92 Å². The molecule has 1 heteroatoms. The molecule has 0 radical (unpaired) electrons. The van der Waals surface area contributed by atoms with Gasteiger partial charge in [0.05, 0.1) is 0 Å². The summed E-state index contributed by atoms with van der Waals surface area (Å²) in [5.74, 6) is 1.09. The molecule has 1 rings (SSSR count). The molecule has 56 valence electrons. The molecule has 0 aromatic carbocycles. The third-order valence-corrected chi connectivity index (χ3v) is 2.30. The molecule has 0 bridgehead atoms. The van der Waals surface area contributed by atoms with Gasteiger partial charge in [-0.1, -0.05) is 45.4 Å². The lowest BCUT2D eigenvalue weighted by atomic mass is 9.88. The van der Waals surface area contributed by atoms with Crippen molar-refractivity contribution in [3.05, 3.63) is 0 Å². The highest BCUT2D eigenvalue weighted by Crippen LogP contribution is 2.25. The van der Waals surface area contributed by atoms with Crippen molar-refractivity contribution in [2.75, 3.05) is 0 Å². The SMILES string of the molecule is CCC1CCCCC1.Cl. The van der Waals surface area contributed by atoms with E-state index in [0.717, 1.165) is 5.92 Å². The summed E-state index contributed by atoms with van der Waals surface area (Å²) in [7, 11) is 0. The van der Waals surface area contributed by atoms with Crippen molar-refractivity contribution >= 4 is 12.4 Å². The second-order valence-corrected chi connectivity index (χ2v) is 2.91. The molecule has 0 atom stereocenters. The van der Waals surface area contributed by atoms with E-state index in [2.05, 4.69) is 6.92 Å². The van der Waals surface area contributed by atoms with E-state index in [4.69, 9.17) is 0 Å². The van der Waals surface area contributed by atoms with Crippen molar-refractivity contribution in [3.8, 4) is 0 Å². The van der Waals surface area contributed by atoms with Crippen molar-refractivity contribution in [1.29, 1.82) is 0 Å². The summed E-state index contributed by atoms with van der Waals surface area (Å²) < 4.78 is 0. The van der Waals surface area contributed by atoms with E-state index in [9.17, 15) is 0 Å². The van der Waals surface area contributed by atoms with Crippen LogP contribution in [0, 0.1) is 5.92 Å². The van der Waals surface area contributed by atoms with Crippen LogP contribution in [0.4, 0.5) is 0 Å². The van der Waals surface area contributed by atoms with Crippen molar-refractivity contribution in [2.45, 2.75) is 45.4 Å². The molecule has 0 N–H and O–H groups in total. The lowest BCUT2D eigenvalue weighted by Crippen LogP contribution is -2.03. The highest BCUT2D eigenvalue weighted by Gasteiger charge is 2.09. The summed E-state index contributed by atoms with van der Waals surface area (Å²) in [6.45, 7) is 2.32. The summed E-state index contributed by atoms with van der Waals surface area (Å²) in [6.07, 6.45) is 8.93. The van der Waals surface area contributed by atoms with Crippen molar-refractivity contribution in [3.63, 3.8) is 0 Å². The van der Waals surface area contributed by atoms with Gasteiger partial charge in [0.15, 0.2) is 0 Å². The zero-order valence-corrected chi connectivity index (χ0v) is 7.04. The van der Waals surface area contributed by atoms with E-state index in [-0.39, 0.29) is 12.4 Å². The molecule has 1 aliphatic rings. The third-order valence-electron chi connectivity index (χ3n) is 2.30. The van der Waals surface area contributed by atoms with Gasteiger partial charge in [0, 0.05) is 0 Å². The molecule has 1 fully saturated rings. The topological polar surface area (TPSA) is 0 Å². The minimum Gasteiger partial charge on any atom is -0.147 e. The van der Waals surface area contributed by atoms with Gasteiger partial charge >= 0.3 is 0 Å². The first-order chi connectivity index (χ1) is 3.93. The zero-order chi connectivity index (χ0) is 5.82. The van der Waals surface area contributed by atoms with Crippen molar-refractivity contribution in [1.82, 2.24) is 0 Å². The minimum atomic E-state index is 0. The molecule has 0 aromatic heterocycles. The Bertz CT molecular complexity index is 55.6. The van der Waals surface area contributed by atoms with Crippen LogP contribution in [0.2, 0.25) is 0 Å². The van der Waals surface area contributed by atoms with Crippen LogP contribution in [-0.2, 0) is 0 Å². The molecule has 0 aliphatic heterocycles. The van der Waals surface area contributed by atoms with Crippen LogP contribution >= 0.6 is 12.4 Å². The predicted molar refractivity (Wildman–Crippen MR) is 44.1 cm³/mol. The van der Waals surface area contributed by atoms with E-state index in [1.165, 1.54) is 38.5 Å². The maximum atomic E-state index is 2.32. The van der Waals surface area contributed by atoms with E-state index in [1.54, 1.807) is 0 Å². The Kier molecular flexibility index (Phi) is 5.27. The van der Waals surface area contributed by atoms with Gasteiger partial charge in [-0.2, -0.15) is 0 Å². The minimum absolute atomic E-state index is 0. The molecule has 1 aliphatic carbocycles. The fourth-order valence-corrected chi connectivity index (χ4v) is 1.60. The van der Waals surface area contributed by atoms with Crippen LogP contribution in [0.5, 0.6) is 0 Å². The summed E-state index contributed by atoms with van der Waals surface area (Å²) >= 11 is 0. The van der Waals surface area contributed by atoms with Gasteiger partial charge in [-0.3, -0.25) is 0 Å². The second kappa shape index (κ2) is 5.10. The molecule has 9 heavy (non-hydrogen) atoms. The number of halogens is 1. The number of rotatable bonds is 1. The molecule has 0 unspecified atom stereocenters. The van der Waals surface area contributed by atoms with Gasteiger partial charge in [-0.25, -0.2) is 0 Å². The molecule has 0 spiro atoms. The molecule has 0 heterocycles. The van der Waals surface area contributed by atoms with Gasteiger partial charge < -0.3 is 0 Å². The van der Waals surface area contributed by atoms with Gasteiger partial charge in [-0.05, 0) is 5.92 Å². The maximum absolute atomic E-state index is 2.32. The highest BCUT2D eigenvalue weighted by atomic mass is 35.5. The van der Waals surface area contributed by atoms with Gasteiger partial charge in [0.2, 0.25) is 0 Å². The summed E-state index contributed by atoms with van der Waals surface area (Å²) in [5, 5.41) is 0. The summed E-state index contributed by atoms with van der Waals surface area (Å²) in [5.41, 5.74) is 0. The molecular weight excluding hydrogens is 132 g/mol. The van der Waals surface area contributed by atoms with E-state index in [1.807, 2.05) is 0 Å². The Balaban J connectivity index is 0.000000640. The Hall–Kier alpha value is 0.290. The fourth-order valence-electron chi connectivity index (χ4n) is 1.60. The monoisotopic (exact) mass is 148 g/mol. The van der Waals surface area contributed by atoms with Gasteiger partial charge in [-0.15, -0.1) is 12.4 Å². The van der Waals surface area contributed by atoms with Gasteiger partial charge in [0.25, 0.3) is 0 Å². The quantitative estimate of drug-likeness (QED) is 0.535. The third kappa shape index (κ3) is 3.10. The Morgan fingerprint density at radius 1 is 1.11 bits per heavy atom. The number of hydrogen-bond donors (Lipinski definition) is 0. The Morgan fingerprint density at radius 2 is 1.67 bits per heavy atom. The van der Waals surface area contributed by atoms with E-state index in [0.29, 0.717) is 0 Å². The summed E-state index contributed by atoms with van der Waals surface area (Å²) in [6, 6.07) is 0. The standard InChI is InChI=1S/C8H16.ClH/c1-2-8-6-4-3-5-7-8;/h8H,2-7H2,1H3;1H. The van der Waals surface area contributed by atoms with Crippen LogP contribution in [0.25, 0.3) is 0 Å². The number of hydrogen-bond acceptors (Lipinski definition) is 0. The Labute approximate surface area is 64.4 Å². The summed E-state index contributed by atoms with van der Waals surface area (Å²) in [4.78, 5) is 0. The smallest absolute Gasteiger partial charge is 0.0417 e. The predicted octanol–water partition coefficient (Wildman–Crippen LogP) is 3.40. The average Bonchev–Trinajstić information content (AvgIpc) is 1.90.